The molecule has 0 aliphatic carbocycles. The summed E-state index contributed by atoms with van der Waals surface area (Å²) in [5.41, 5.74) is 2.30. The Bertz CT molecular complexity index is 612. The summed E-state index contributed by atoms with van der Waals surface area (Å²) in [6.07, 6.45) is 1.87. The summed E-state index contributed by atoms with van der Waals surface area (Å²) in [7, 11) is 0. The molecule has 0 spiro atoms. The Morgan fingerprint density at radius 1 is 1.06 bits per heavy atom. The first-order valence-corrected chi connectivity index (χ1v) is 6.21. The molecule has 0 bridgehead atoms. The van der Waals surface area contributed by atoms with Crippen LogP contribution in [0.5, 0.6) is 0 Å². The minimum absolute atomic E-state index is 0.283. The molecule has 2 nitrogen and oxygen atoms in total. The van der Waals surface area contributed by atoms with Gasteiger partial charge in [-0.3, -0.25) is 0 Å². The fourth-order valence-corrected chi connectivity index (χ4v) is 2.33. The molecule has 2 aromatic rings. The molecule has 1 aromatic heterocycles. The van der Waals surface area contributed by atoms with E-state index in [1.54, 1.807) is 24.4 Å². The van der Waals surface area contributed by atoms with Crippen molar-refractivity contribution in [1.29, 1.82) is 5.26 Å². The second kappa shape index (κ2) is 5.58. The molecule has 1 heterocycles. The van der Waals surface area contributed by atoms with Crippen molar-refractivity contribution in [3.8, 4) is 17.2 Å². The van der Waals surface area contributed by atoms with Crippen molar-refractivity contribution in [2.24, 2.45) is 0 Å². The van der Waals surface area contributed by atoms with E-state index in [2.05, 4.69) is 11.1 Å². The molecule has 1 aromatic carbocycles. The number of nitrogens with zero attached hydrogens (tertiary/aromatic N) is 2. The first-order valence-electron chi connectivity index (χ1n) is 5.08. The van der Waals surface area contributed by atoms with Gasteiger partial charge in [0.1, 0.15) is 5.15 Å². The van der Waals surface area contributed by atoms with Gasteiger partial charge in [0.05, 0.1) is 12.5 Å². The van der Waals surface area contributed by atoms with Gasteiger partial charge >= 0.3 is 0 Å². The maximum atomic E-state index is 8.69. The number of rotatable bonds is 2. The number of aromatic nitrogens is 1. The van der Waals surface area contributed by atoms with Gasteiger partial charge in [-0.1, -0.05) is 34.8 Å². The van der Waals surface area contributed by atoms with Crippen LogP contribution in [-0.4, -0.2) is 4.98 Å². The Balaban J connectivity index is 2.55. The van der Waals surface area contributed by atoms with Crippen LogP contribution < -0.4 is 0 Å². The third-order valence-electron chi connectivity index (χ3n) is 2.35. The summed E-state index contributed by atoms with van der Waals surface area (Å²) in [4.78, 5) is 4.06. The Kier molecular flexibility index (Phi) is 4.08. The van der Waals surface area contributed by atoms with E-state index in [0.29, 0.717) is 20.8 Å². The summed E-state index contributed by atoms with van der Waals surface area (Å²) < 4.78 is 0. The quantitative estimate of drug-likeness (QED) is 0.748. The van der Waals surface area contributed by atoms with E-state index in [1.807, 2.05) is 6.07 Å². The van der Waals surface area contributed by atoms with Crippen LogP contribution in [0.4, 0.5) is 0 Å². The highest BCUT2D eigenvalue weighted by molar-refractivity contribution is 6.35. The highest BCUT2D eigenvalue weighted by atomic mass is 35.5. The van der Waals surface area contributed by atoms with E-state index in [4.69, 9.17) is 40.1 Å². The van der Waals surface area contributed by atoms with E-state index < -0.39 is 0 Å². The molecular formula is C13H7Cl3N2. The molecule has 0 aliphatic rings. The average Bonchev–Trinajstić information content (AvgIpc) is 2.30. The zero-order chi connectivity index (χ0) is 13.1. The highest BCUT2D eigenvalue weighted by Crippen LogP contribution is 2.31. The Morgan fingerprint density at radius 2 is 1.72 bits per heavy atom. The van der Waals surface area contributed by atoms with Crippen LogP contribution in [0.3, 0.4) is 0 Å². The summed E-state index contributed by atoms with van der Waals surface area (Å²) >= 11 is 18.0. The van der Waals surface area contributed by atoms with Crippen LogP contribution in [-0.2, 0) is 6.42 Å². The SMILES string of the molecule is N#CCc1cnc(Cl)c(-c2cc(Cl)cc(Cl)c2)c1. The zero-order valence-corrected chi connectivity index (χ0v) is 11.4. The molecule has 5 heteroatoms. The largest absolute Gasteiger partial charge is 0.244 e. The number of pyridine rings is 1. The number of hydrogen-bond donors (Lipinski definition) is 0. The van der Waals surface area contributed by atoms with E-state index in [0.717, 1.165) is 11.1 Å². The maximum absolute atomic E-state index is 8.69. The molecule has 0 atom stereocenters. The second-order valence-electron chi connectivity index (χ2n) is 3.67. The van der Waals surface area contributed by atoms with E-state index >= 15 is 0 Å². The van der Waals surface area contributed by atoms with Crippen LogP contribution in [0.15, 0.2) is 30.5 Å². The molecule has 90 valence electrons. The van der Waals surface area contributed by atoms with Crippen molar-refractivity contribution in [3.05, 3.63) is 51.2 Å². The van der Waals surface area contributed by atoms with Gasteiger partial charge < -0.3 is 0 Å². The lowest BCUT2D eigenvalue weighted by Gasteiger charge is -2.07. The Hall–Kier alpha value is -1.27. The molecule has 0 saturated carbocycles. The zero-order valence-electron chi connectivity index (χ0n) is 9.12. The molecule has 0 N–H and O–H groups in total. The number of hydrogen-bond acceptors (Lipinski definition) is 2. The minimum Gasteiger partial charge on any atom is -0.244 e. The first-order chi connectivity index (χ1) is 8.60. The Labute approximate surface area is 120 Å². The fourth-order valence-electron chi connectivity index (χ4n) is 1.59. The van der Waals surface area contributed by atoms with Crippen LogP contribution >= 0.6 is 34.8 Å². The Morgan fingerprint density at radius 3 is 2.33 bits per heavy atom. The van der Waals surface area contributed by atoms with E-state index in [-0.39, 0.29) is 6.42 Å². The van der Waals surface area contributed by atoms with Gasteiger partial charge in [-0.2, -0.15) is 5.26 Å². The van der Waals surface area contributed by atoms with Crippen molar-refractivity contribution >= 4 is 34.8 Å². The topological polar surface area (TPSA) is 36.7 Å². The van der Waals surface area contributed by atoms with E-state index in [9.17, 15) is 0 Å². The standard InChI is InChI=1S/C13H7Cl3N2/c14-10-4-9(5-11(15)6-10)12-3-8(1-2-17)7-18-13(12)16/h3-7H,1H2. The van der Waals surface area contributed by atoms with Crippen LogP contribution in [0.1, 0.15) is 5.56 Å². The van der Waals surface area contributed by atoms with Crippen LogP contribution in [0.25, 0.3) is 11.1 Å². The predicted molar refractivity (Wildman–Crippen MR) is 74.0 cm³/mol. The van der Waals surface area contributed by atoms with Gasteiger partial charge in [-0.25, -0.2) is 4.98 Å². The average molecular weight is 298 g/mol. The van der Waals surface area contributed by atoms with Gasteiger partial charge in [-0.15, -0.1) is 0 Å². The van der Waals surface area contributed by atoms with Gasteiger partial charge in [0, 0.05) is 21.8 Å². The van der Waals surface area contributed by atoms with Gasteiger partial charge in [0.15, 0.2) is 0 Å². The van der Waals surface area contributed by atoms with Gasteiger partial charge in [0.25, 0.3) is 0 Å². The summed E-state index contributed by atoms with van der Waals surface area (Å²) in [5.74, 6) is 0. The third-order valence-corrected chi connectivity index (χ3v) is 3.09. The number of benzene rings is 1. The second-order valence-corrected chi connectivity index (χ2v) is 4.91. The molecule has 2 rings (SSSR count). The first kappa shape index (κ1) is 13.2. The van der Waals surface area contributed by atoms with Gasteiger partial charge in [0.2, 0.25) is 0 Å². The third kappa shape index (κ3) is 2.94. The normalized spacial score (nSPS) is 10.1. The molecule has 0 unspecified atom stereocenters. The highest BCUT2D eigenvalue weighted by Gasteiger charge is 2.08. The maximum Gasteiger partial charge on any atom is 0.136 e. The lowest BCUT2D eigenvalue weighted by atomic mass is 10.1. The monoisotopic (exact) mass is 296 g/mol. The molecule has 18 heavy (non-hydrogen) atoms. The smallest absolute Gasteiger partial charge is 0.136 e. The summed E-state index contributed by atoms with van der Waals surface area (Å²) in [6, 6.07) is 9.05. The van der Waals surface area contributed by atoms with Crippen LogP contribution in [0.2, 0.25) is 15.2 Å². The summed E-state index contributed by atoms with van der Waals surface area (Å²) in [6.45, 7) is 0. The summed E-state index contributed by atoms with van der Waals surface area (Å²) in [5, 5.41) is 10.1. The van der Waals surface area contributed by atoms with Crippen molar-refractivity contribution in [1.82, 2.24) is 4.98 Å². The van der Waals surface area contributed by atoms with Crippen molar-refractivity contribution < 1.29 is 0 Å². The van der Waals surface area contributed by atoms with E-state index in [1.165, 1.54) is 0 Å². The molecular weight excluding hydrogens is 291 g/mol. The number of halogens is 3. The lowest BCUT2D eigenvalue weighted by Crippen LogP contribution is -1.89. The van der Waals surface area contributed by atoms with Crippen molar-refractivity contribution in [3.63, 3.8) is 0 Å². The number of nitriles is 1. The lowest BCUT2D eigenvalue weighted by molar-refractivity contribution is 1.19. The molecule has 0 amide bonds. The molecule has 0 aliphatic heterocycles. The van der Waals surface area contributed by atoms with Crippen molar-refractivity contribution in [2.75, 3.05) is 0 Å². The van der Waals surface area contributed by atoms with Gasteiger partial charge in [-0.05, 0) is 35.4 Å². The predicted octanol–water partition coefficient (Wildman–Crippen LogP) is 4.77. The minimum atomic E-state index is 0.283. The van der Waals surface area contributed by atoms with Crippen molar-refractivity contribution in [2.45, 2.75) is 6.42 Å². The molecule has 0 saturated heterocycles. The molecule has 0 fully saturated rings. The molecule has 0 radical (unpaired) electrons. The fraction of sp³-hybridized carbons (Fsp3) is 0.0769. The van der Waals surface area contributed by atoms with Crippen LogP contribution in [0, 0.1) is 11.3 Å².